The van der Waals surface area contributed by atoms with Gasteiger partial charge in [0.1, 0.15) is 4.84 Å². The van der Waals surface area contributed by atoms with Gasteiger partial charge in [-0.3, -0.25) is 0 Å². The number of rotatable bonds is 5. The van der Waals surface area contributed by atoms with Crippen molar-refractivity contribution < 1.29 is 0 Å². The molecule has 0 aliphatic rings. The topological polar surface area (TPSA) is 0 Å². The number of halogens is 6. The first-order chi connectivity index (χ1) is 7.35. The summed E-state index contributed by atoms with van der Waals surface area (Å²) in [5.74, 6) is 0. The van der Waals surface area contributed by atoms with Crippen LogP contribution in [0.4, 0.5) is 0 Å². The van der Waals surface area contributed by atoms with E-state index in [4.69, 9.17) is 58.0 Å². The SMILES string of the molecule is C[C@@](Cl)(C=CBr)[C@H](Cl)/C=C/C(=C/Cl)C(Cl)Cl. The zero-order valence-electron chi connectivity index (χ0n) is 8.31. The second-order valence-corrected chi connectivity index (χ2v) is 6.24. The van der Waals surface area contributed by atoms with Crippen LogP contribution in [0.25, 0.3) is 0 Å². The molecule has 0 aromatic carbocycles. The summed E-state index contributed by atoms with van der Waals surface area (Å²) in [7, 11) is 0. The molecule has 16 heavy (non-hydrogen) atoms. The lowest BCUT2D eigenvalue weighted by Gasteiger charge is -2.21. The van der Waals surface area contributed by atoms with Crippen molar-refractivity contribution in [3.05, 3.63) is 34.3 Å². The number of hydrogen-bond donors (Lipinski definition) is 0. The first-order valence-electron chi connectivity index (χ1n) is 4.22. The van der Waals surface area contributed by atoms with Gasteiger partial charge in [0, 0.05) is 5.54 Å². The van der Waals surface area contributed by atoms with Crippen LogP contribution in [-0.4, -0.2) is 15.1 Å². The quantitative estimate of drug-likeness (QED) is 0.402. The van der Waals surface area contributed by atoms with Crippen LogP contribution >= 0.6 is 73.9 Å². The summed E-state index contributed by atoms with van der Waals surface area (Å²) in [6.07, 6.45) is 5.07. The zero-order valence-corrected chi connectivity index (χ0v) is 13.7. The van der Waals surface area contributed by atoms with Crippen LogP contribution in [0, 0.1) is 0 Å². The molecule has 0 rings (SSSR count). The van der Waals surface area contributed by atoms with Gasteiger partial charge >= 0.3 is 0 Å². The van der Waals surface area contributed by atoms with E-state index in [-0.39, 0.29) is 0 Å². The van der Waals surface area contributed by atoms with E-state index in [0.29, 0.717) is 5.57 Å². The van der Waals surface area contributed by atoms with Gasteiger partial charge in [0.25, 0.3) is 0 Å². The fourth-order valence-corrected chi connectivity index (χ4v) is 2.34. The lowest BCUT2D eigenvalue weighted by molar-refractivity contribution is 0.800. The maximum absolute atomic E-state index is 6.17. The van der Waals surface area contributed by atoms with Crippen LogP contribution in [0.5, 0.6) is 0 Å². The summed E-state index contributed by atoms with van der Waals surface area (Å²) in [5.41, 5.74) is 1.86. The second kappa shape index (κ2) is 8.29. The third-order valence-corrected chi connectivity index (χ3v) is 3.86. The first kappa shape index (κ1) is 17.2. The van der Waals surface area contributed by atoms with E-state index in [0.717, 1.165) is 0 Å². The molecule has 2 atom stereocenters. The lowest BCUT2D eigenvalue weighted by Crippen LogP contribution is -2.24. The van der Waals surface area contributed by atoms with Gasteiger partial charge < -0.3 is 0 Å². The van der Waals surface area contributed by atoms with Gasteiger partial charge in [-0.15, -0.1) is 46.4 Å². The van der Waals surface area contributed by atoms with E-state index >= 15 is 0 Å². The Labute approximate surface area is 129 Å². The fourth-order valence-electron chi connectivity index (χ4n) is 0.756. The van der Waals surface area contributed by atoms with Crippen molar-refractivity contribution in [1.29, 1.82) is 0 Å². The van der Waals surface area contributed by atoms with Gasteiger partial charge in [0.15, 0.2) is 0 Å². The molecule has 0 saturated carbocycles. The highest BCUT2D eigenvalue weighted by atomic mass is 79.9. The average Bonchev–Trinajstić information content (AvgIpc) is 2.17. The average molecular weight is 387 g/mol. The Balaban J connectivity index is 4.67. The summed E-state index contributed by atoms with van der Waals surface area (Å²) in [6.45, 7) is 1.79. The molecular formula is C10H10BrCl5. The first-order valence-corrected chi connectivity index (χ1v) is 7.26. The van der Waals surface area contributed by atoms with Crippen LogP contribution < -0.4 is 0 Å². The predicted octanol–water partition coefficient (Wildman–Crippen LogP) is 5.98. The van der Waals surface area contributed by atoms with E-state index in [1.54, 1.807) is 30.1 Å². The van der Waals surface area contributed by atoms with E-state index in [2.05, 4.69) is 15.9 Å². The molecule has 0 bridgehead atoms. The van der Waals surface area contributed by atoms with E-state index in [1.807, 2.05) is 0 Å². The maximum atomic E-state index is 6.17. The summed E-state index contributed by atoms with van der Waals surface area (Å²) in [4.78, 5) is 0.270. The minimum Gasteiger partial charge on any atom is -0.116 e. The fraction of sp³-hybridized carbons (Fsp3) is 0.400. The molecule has 0 amide bonds. The van der Waals surface area contributed by atoms with Gasteiger partial charge in [-0.05, 0) is 17.5 Å². The van der Waals surface area contributed by atoms with Crippen molar-refractivity contribution in [2.24, 2.45) is 0 Å². The van der Waals surface area contributed by atoms with E-state index in [1.165, 1.54) is 5.54 Å². The van der Waals surface area contributed by atoms with E-state index < -0.39 is 15.1 Å². The standard InChI is InChI=1S/C10H10BrCl5/c1-10(16,4-5-11)8(13)3-2-7(6-12)9(14)15/h2-6,8-9H,1H3/b3-2+,5-4?,7-6-/t8-,10-/m1/s1. The minimum atomic E-state index is -0.701. The van der Waals surface area contributed by atoms with Crippen LogP contribution in [0.3, 0.4) is 0 Å². The number of alkyl halides is 4. The molecule has 0 aromatic heterocycles. The molecule has 0 aromatic rings. The Morgan fingerprint density at radius 1 is 1.31 bits per heavy atom. The molecule has 0 aliphatic heterocycles. The molecule has 92 valence electrons. The molecule has 0 radical (unpaired) electrons. The van der Waals surface area contributed by atoms with Crippen molar-refractivity contribution >= 4 is 73.9 Å². The third-order valence-electron chi connectivity index (χ3n) is 1.76. The lowest BCUT2D eigenvalue weighted by atomic mass is 10.1. The third kappa shape index (κ3) is 6.18. The molecule has 0 nitrogen and oxygen atoms in total. The number of allylic oxidation sites excluding steroid dienone is 4. The Kier molecular flexibility index (Phi) is 8.88. The second-order valence-electron chi connectivity index (χ2n) is 3.11. The predicted molar refractivity (Wildman–Crippen MR) is 80.5 cm³/mol. The van der Waals surface area contributed by atoms with Crippen molar-refractivity contribution in [1.82, 2.24) is 0 Å². The summed E-state index contributed by atoms with van der Waals surface area (Å²) in [5, 5.41) is -0.415. The molecular weight excluding hydrogens is 377 g/mol. The highest BCUT2D eigenvalue weighted by Gasteiger charge is 2.25. The van der Waals surface area contributed by atoms with Crippen LogP contribution in [-0.2, 0) is 0 Å². The normalized spacial score (nSPS) is 19.6. The molecule has 0 heterocycles. The van der Waals surface area contributed by atoms with Crippen molar-refractivity contribution in [3.63, 3.8) is 0 Å². The van der Waals surface area contributed by atoms with Gasteiger partial charge in [-0.1, -0.05) is 45.8 Å². The number of hydrogen-bond acceptors (Lipinski definition) is 0. The maximum Gasteiger partial charge on any atom is 0.133 e. The highest BCUT2D eigenvalue weighted by molar-refractivity contribution is 9.11. The summed E-state index contributed by atoms with van der Waals surface area (Å²) >= 11 is 32.3. The van der Waals surface area contributed by atoms with Crippen LogP contribution in [0.15, 0.2) is 34.3 Å². The molecule has 0 spiro atoms. The monoisotopic (exact) mass is 384 g/mol. The molecule has 0 N–H and O–H groups in total. The van der Waals surface area contributed by atoms with Crippen molar-refractivity contribution in [2.75, 3.05) is 0 Å². The van der Waals surface area contributed by atoms with Gasteiger partial charge in [-0.2, -0.15) is 0 Å². The van der Waals surface area contributed by atoms with Crippen LogP contribution in [0.2, 0.25) is 0 Å². The Bertz CT molecular complexity index is 294. The molecule has 0 unspecified atom stereocenters. The van der Waals surface area contributed by atoms with Crippen LogP contribution in [0.1, 0.15) is 6.92 Å². The smallest absolute Gasteiger partial charge is 0.116 e. The zero-order chi connectivity index (χ0) is 12.8. The molecule has 6 heteroatoms. The van der Waals surface area contributed by atoms with Gasteiger partial charge in [0.2, 0.25) is 0 Å². The largest absolute Gasteiger partial charge is 0.133 e. The highest BCUT2D eigenvalue weighted by Crippen LogP contribution is 2.28. The summed E-state index contributed by atoms with van der Waals surface area (Å²) < 4.78 is 0. The Morgan fingerprint density at radius 2 is 1.88 bits per heavy atom. The van der Waals surface area contributed by atoms with Crippen molar-refractivity contribution in [2.45, 2.75) is 22.0 Å². The Hall–Kier alpha value is 1.15. The molecule has 0 saturated heterocycles. The van der Waals surface area contributed by atoms with Gasteiger partial charge in [-0.25, -0.2) is 0 Å². The van der Waals surface area contributed by atoms with Crippen molar-refractivity contribution in [3.8, 4) is 0 Å². The molecule has 0 aliphatic carbocycles. The van der Waals surface area contributed by atoms with Gasteiger partial charge in [0.05, 0.1) is 10.3 Å². The summed E-state index contributed by atoms with van der Waals surface area (Å²) in [6, 6.07) is 0. The van der Waals surface area contributed by atoms with E-state index in [9.17, 15) is 0 Å². The molecule has 0 fully saturated rings. The minimum absolute atomic E-state index is 0.415. The Morgan fingerprint density at radius 3 is 2.25 bits per heavy atom.